The van der Waals surface area contributed by atoms with Gasteiger partial charge in [0.25, 0.3) is 10.1 Å². The lowest BCUT2D eigenvalue weighted by atomic mass is 10.2. The second-order valence-electron chi connectivity index (χ2n) is 2.08. The molecule has 0 aliphatic carbocycles. The Balaban J connectivity index is 3.82. The lowest BCUT2D eigenvalue weighted by Gasteiger charge is -2.03. The molecule has 7 heteroatoms. The second-order valence-corrected chi connectivity index (χ2v) is 3.66. The Hall–Kier alpha value is -0.660. The minimum absolute atomic E-state index is 0.159. The van der Waals surface area contributed by atoms with Crippen LogP contribution in [0.3, 0.4) is 0 Å². The summed E-state index contributed by atoms with van der Waals surface area (Å²) in [6, 6.07) is -1.02. The van der Waals surface area contributed by atoms with Gasteiger partial charge in [0, 0.05) is 0 Å². The summed E-state index contributed by atoms with van der Waals surface area (Å²) in [5.41, 5.74) is 9.80. The van der Waals surface area contributed by atoms with Gasteiger partial charge < -0.3 is 11.5 Å². The molecule has 0 fully saturated rings. The lowest BCUT2D eigenvalue weighted by molar-refractivity contribution is -0.119. The molecule has 0 aliphatic rings. The maximum atomic E-state index is 10.2. The van der Waals surface area contributed by atoms with Crippen molar-refractivity contribution in [2.75, 3.05) is 5.75 Å². The van der Waals surface area contributed by atoms with E-state index in [1.54, 1.807) is 0 Å². The molecule has 6 nitrogen and oxygen atoms in total. The molecule has 11 heavy (non-hydrogen) atoms. The van der Waals surface area contributed by atoms with Gasteiger partial charge in [-0.15, -0.1) is 0 Å². The van der Waals surface area contributed by atoms with E-state index < -0.39 is 27.8 Å². The maximum absolute atomic E-state index is 10.2. The van der Waals surface area contributed by atoms with Crippen molar-refractivity contribution in [3.8, 4) is 0 Å². The first-order valence-corrected chi connectivity index (χ1v) is 4.44. The normalized spacial score (nSPS) is 14.4. The number of carbonyl (C=O) groups excluding carboxylic acids is 1. The van der Waals surface area contributed by atoms with Gasteiger partial charge in [-0.2, -0.15) is 8.42 Å². The van der Waals surface area contributed by atoms with Crippen LogP contribution in [0.15, 0.2) is 0 Å². The highest BCUT2D eigenvalue weighted by atomic mass is 32.2. The second kappa shape index (κ2) is 3.65. The van der Waals surface area contributed by atoms with Gasteiger partial charge in [0.05, 0.1) is 11.8 Å². The molecule has 0 saturated carbocycles. The van der Waals surface area contributed by atoms with Gasteiger partial charge in [-0.3, -0.25) is 9.35 Å². The Morgan fingerprint density at radius 3 is 2.27 bits per heavy atom. The van der Waals surface area contributed by atoms with Crippen LogP contribution >= 0.6 is 0 Å². The molecule has 0 spiro atoms. The van der Waals surface area contributed by atoms with E-state index in [-0.39, 0.29) is 6.42 Å². The predicted molar refractivity (Wildman–Crippen MR) is 38.2 cm³/mol. The van der Waals surface area contributed by atoms with Gasteiger partial charge >= 0.3 is 0 Å². The Bertz CT molecular complexity index is 234. The predicted octanol–water partition coefficient (Wildman–Crippen LogP) is -1.92. The number of nitrogens with two attached hydrogens (primary N) is 2. The number of amides is 1. The van der Waals surface area contributed by atoms with Gasteiger partial charge in [0.15, 0.2) is 0 Å². The molecule has 0 aromatic rings. The minimum Gasteiger partial charge on any atom is -0.368 e. The molecule has 5 N–H and O–H groups in total. The quantitative estimate of drug-likeness (QED) is 0.437. The fourth-order valence-electron chi connectivity index (χ4n) is 0.418. The Kier molecular flexibility index (Phi) is 3.43. The summed E-state index contributed by atoms with van der Waals surface area (Å²) in [5.74, 6) is -1.33. The van der Waals surface area contributed by atoms with Crippen LogP contribution in [0.2, 0.25) is 0 Å². The van der Waals surface area contributed by atoms with Crippen molar-refractivity contribution >= 4 is 16.0 Å². The minimum atomic E-state index is -4.04. The molecule has 0 rings (SSSR count). The Morgan fingerprint density at radius 1 is 1.55 bits per heavy atom. The van der Waals surface area contributed by atoms with Crippen molar-refractivity contribution in [3.05, 3.63) is 0 Å². The van der Waals surface area contributed by atoms with E-state index in [1.807, 2.05) is 0 Å². The van der Waals surface area contributed by atoms with E-state index in [9.17, 15) is 13.2 Å². The molecule has 0 aromatic heterocycles. The molecule has 1 atom stereocenters. The van der Waals surface area contributed by atoms with E-state index in [2.05, 4.69) is 0 Å². The van der Waals surface area contributed by atoms with Crippen LogP contribution in [-0.2, 0) is 14.9 Å². The van der Waals surface area contributed by atoms with Crippen LogP contribution in [0, 0.1) is 0 Å². The zero-order valence-electron chi connectivity index (χ0n) is 5.73. The van der Waals surface area contributed by atoms with Crippen LogP contribution in [0.1, 0.15) is 6.42 Å². The fourth-order valence-corrected chi connectivity index (χ4v) is 0.970. The molecule has 0 aromatic carbocycles. The van der Waals surface area contributed by atoms with Crippen molar-refractivity contribution in [3.63, 3.8) is 0 Å². The molecule has 0 saturated heterocycles. The van der Waals surface area contributed by atoms with Crippen LogP contribution in [0.5, 0.6) is 0 Å². The van der Waals surface area contributed by atoms with E-state index in [0.29, 0.717) is 0 Å². The molecule has 0 heterocycles. The van der Waals surface area contributed by atoms with Crippen molar-refractivity contribution in [2.45, 2.75) is 12.5 Å². The van der Waals surface area contributed by atoms with E-state index in [0.717, 1.165) is 0 Å². The summed E-state index contributed by atoms with van der Waals surface area (Å²) in [6.45, 7) is 0. The number of hydrogen-bond acceptors (Lipinski definition) is 4. The average molecular weight is 182 g/mol. The van der Waals surface area contributed by atoms with Gasteiger partial charge in [-0.25, -0.2) is 0 Å². The molecular weight excluding hydrogens is 172 g/mol. The lowest BCUT2D eigenvalue weighted by Crippen LogP contribution is -2.37. The first-order valence-electron chi connectivity index (χ1n) is 2.83. The molecule has 0 bridgehead atoms. The smallest absolute Gasteiger partial charge is 0.264 e. The third-order valence-corrected chi connectivity index (χ3v) is 1.80. The third-order valence-electron chi connectivity index (χ3n) is 1.05. The zero-order valence-corrected chi connectivity index (χ0v) is 6.54. The number of primary amides is 1. The number of carbonyl (C=O) groups is 1. The molecule has 0 aliphatic heterocycles. The fraction of sp³-hybridized carbons (Fsp3) is 0.750. The highest BCUT2D eigenvalue weighted by molar-refractivity contribution is 7.85. The maximum Gasteiger partial charge on any atom is 0.264 e. The van der Waals surface area contributed by atoms with E-state index in [1.165, 1.54) is 0 Å². The average Bonchev–Trinajstić information content (AvgIpc) is 1.80. The Morgan fingerprint density at radius 2 is 2.00 bits per heavy atom. The van der Waals surface area contributed by atoms with Gasteiger partial charge in [0.2, 0.25) is 5.91 Å². The Labute approximate surface area is 64.3 Å². The number of hydrogen-bond donors (Lipinski definition) is 3. The SMILES string of the molecule is NC(=O)[C@@H](N)CCS(=O)(=O)O. The first kappa shape index (κ1) is 10.3. The van der Waals surface area contributed by atoms with Crippen molar-refractivity contribution in [1.29, 1.82) is 0 Å². The van der Waals surface area contributed by atoms with Crippen LogP contribution in [0.25, 0.3) is 0 Å². The first-order chi connectivity index (χ1) is 4.83. The molecule has 0 unspecified atom stereocenters. The van der Waals surface area contributed by atoms with Gasteiger partial charge in [0.1, 0.15) is 0 Å². The molecular formula is C4H10N2O4S. The molecule has 1 amide bonds. The van der Waals surface area contributed by atoms with Crippen molar-refractivity contribution in [2.24, 2.45) is 11.5 Å². The largest absolute Gasteiger partial charge is 0.368 e. The van der Waals surface area contributed by atoms with Crippen LogP contribution < -0.4 is 11.5 Å². The summed E-state index contributed by atoms with van der Waals surface area (Å²) < 4.78 is 28.4. The molecule has 66 valence electrons. The van der Waals surface area contributed by atoms with Crippen LogP contribution in [-0.4, -0.2) is 30.7 Å². The van der Waals surface area contributed by atoms with Gasteiger partial charge in [-0.05, 0) is 6.42 Å². The zero-order chi connectivity index (χ0) is 9.07. The molecule has 0 radical (unpaired) electrons. The van der Waals surface area contributed by atoms with Gasteiger partial charge in [-0.1, -0.05) is 0 Å². The third kappa shape index (κ3) is 5.77. The summed E-state index contributed by atoms with van der Waals surface area (Å²) in [5, 5.41) is 0. The topological polar surface area (TPSA) is 123 Å². The number of rotatable bonds is 4. The van der Waals surface area contributed by atoms with Crippen LogP contribution in [0.4, 0.5) is 0 Å². The summed E-state index contributed by atoms with van der Waals surface area (Å²) >= 11 is 0. The summed E-state index contributed by atoms with van der Waals surface area (Å²) in [4.78, 5) is 10.2. The highest BCUT2D eigenvalue weighted by Gasteiger charge is 2.13. The van der Waals surface area contributed by atoms with Crippen molar-refractivity contribution in [1.82, 2.24) is 0 Å². The standard InChI is InChI=1S/C4H10N2O4S/c5-3(4(6)7)1-2-11(8,9)10/h3H,1-2,5H2,(H2,6,7)(H,8,9,10)/t3-/m0/s1. The highest BCUT2D eigenvalue weighted by Crippen LogP contribution is 1.91. The monoisotopic (exact) mass is 182 g/mol. The summed E-state index contributed by atoms with van der Waals surface area (Å²) in [6.07, 6.45) is -0.159. The van der Waals surface area contributed by atoms with E-state index >= 15 is 0 Å². The van der Waals surface area contributed by atoms with Crippen molar-refractivity contribution < 1.29 is 17.8 Å². The van der Waals surface area contributed by atoms with E-state index in [4.69, 9.17) is 16.0 Å². The summed E-state index contributed by atoms with van der Waals surface area (Å²) in [7, 11) is -4.04.